The van der Waals surface area contributed by atoms with Crippen molar-refractivity contribution in [1.82, 2.24) is 4.98 Å². The molecule has 10 heteroatoms. The van der Waals surface area contributed by atoms with Crippen LogP contribution in [0.4, 0.5) is 4.79 Å². The van der Waals surface area contributed by atoms with E-state index in [4.69, 9.17) is 10.5 Å². The van der Waals surface area contributed by atoms with E-state index in [2.05, 4.69) is 26.9 Å². The van der Waals surface area contributed by atoms with Crippen LogP contribution in [0, 0.1) is 5.92 Å². The molecule has 0 bridgehead atoms. The van der Waals surface area contributed by atoms with Crippen LogP contribution >= 0.6 is 0 Å². The van der Waals surface area contributed by atoms with Crippen LogP contribution in [0.5, 0.6) is 0 Å². The van der Waals surface area contributed by atoms with Crippen molar-refractivity contribution in [3.8, 4) is 0 Å². The summed E-state index contributed by atoms with van der Waals surface area (Å²) in [4.78, 5) is 14.6. The van der Waals surface area contributed by atoms with Crippen LogP contribution in [0.2, 0.25) is 0 Å². The minimum atomic E-state index is -0.854. The second-order valence-electron chi connectivity index (χ2n) is 6.71. The first-order valence-electron chi connectivity index (χ1n) is 9.41. The van der Waals surface area contributed by atoms with Gasteiger partial charge in [0.1, 0.15) is 0 Å². The fourth-order valence-corrected chi connectivity index (χ4v) is 3.35. The average molecular weight is 456 g/mol. The van der Waals surface area contributed by atoms with Gasteiger partial charge < -0.3 is 31.8 Å². The van der Waals surface area contributed by atoms with Crippen molar-refractivity contribution in [2.75, 3.05) is 13.7 Å². The monoisotopic (exact) mass is 455 g/mol. The molecule has 2 heterocycles. The first kappa shape index (κ1) is 27.4. The Morgan fingerprint density at radius 2 is 2.14 bits per heavy atom. The molecule has 1 saturated carbocycles. The van der Waals surface area contributed by atoms with Gasteiger partial charge in [0.25, 0.3) is 0 Å². The maximum absolute atomic E-state index is 11.7. The van der Waals surface area contributed by atoms with Crippen LogP contribution in [0.15, 0.2) is 29.5 Å². The van der Waals surface area contributed by atoms with Crippen molar-refractivity contribution in [2.45, 2.75) is 56.8 Å². The van der Waals surface area contributed by atoms with Crippen molar-refractivity contribution in [3.05, 3.63) is 40.8 Å². The summed E-state index contributed by atoms with van der Waals surface area (Å²) < 4.78 is 5.06. The molecule has 2 fully saturated rings. The molecule has 3 rings (SSSR count). The fraction of sp³-hybridized carbons (Fsp3) is 0.632. The van der Waals surface area contributed by atoms with E-state index < -0.39 is 12.1 Å². The van der Waals surface area contributed by atoms with Crippen LogP contribution in [0.3, 0.4) is 0 Å². The summed E-state index contributed by atoms with van der Waals surface area (Å²) in [5.74, 6) is -0.230. The van der Waals surface area contributed by atoms with Crippen LogP contribution in [0.1, 0.15) is 50.3 Å². The van der Waals surface area contributed by atoms with E-state index in [-0.39, 0.29) is 34.6 Å². The summed E-state index contributed by atoms with van der Waals surface area (Å²) >= 11 is 0. The third kappa shape index (κ3) is 9.66. The zero-order valence-corrected chi connectivity index (χ0v) is 17.5. The predicted octanol–water partition coefficient (Wildman–Crippen LogP) is 1.82. The van der Waals surface area contributed by atoms with Crippen LogP contribution in [-0.2, 0) is 21.8 Å². The van der Waals surface area contributed by atoms with E-state index in [1.54, 1.807) is 0 Å². The quantitative estimate of drug-likeness (QED) is 0.416. The Hall–Kier alpha value is -1.55. The molecular formula is C19H30CuN5O4-. The second kappa shape index (κ2) is 15.3. The number of aromatic nitrogens is 1. The summed E-state index contributed by atoms with van der Waals surface area (Å²) in [5.41, 5.74) is 9.04. The van der Waals surface area contributed by atoms with Crippen LogP contribution < -0.4 is 10.8 Å². The number of urea groups is 1. The molecule has 4 atom stereocenters. The molecule has 1 aliphatic heterocycles. The number of carbonyl (C=O) groups excluding carboxylic acids is 1. The van der Waals surface area contributed by atoms with Gasteiger partial charge in [-0.1, -0.05) is 43.9 Å². The first-order valence-corrected chi connectivity index (χ1v) is 9.41. The summed E-state index contributed by atoms with van der Waals surface area (Å²) in [6.07, 6.45) is 8.32. The molecule has 4 N–H and O–H groups in total. The van der Waals surface area contributed by atoms with E-state index in [9.17, 15) is 9.90 Å². The third-order valence-electron chi connectivity index (χ3n) is 4.80. The minimum Gasteiger partial charge on any atom is -0.850 e. The van der Waals surface area contributed by atoms with Gasteiger partial charge in [0.05, 0.1) is 0 Å². The predicted molar refractivity (Wildman–Crippen MR) is 106 cm³/mol. The molecule has 0 spiro atoms. The van der Waals surface area contributed by atoms with Gasteiger partial charge >= 0.3 is 17.1 Å². The van der Waals surface area contributed by atoms with Crippen LogP contribution in [-0.4, -0.2) is 48.6 Å². The number of carbonyl (C=O) groups is 1. The van der Waals surface area contributed by atoms with Crippen molar-refractivity contribution in [2.24, 2.45) is 16.8 Å². The largest absolute Gasteiger partial charge is 2.00 e. The number of rotatable bonds is 4. The Kier molecular flexibility index (Phi) is 14.5. The summed E-state index contributed by atoms with van der Waals surface area (Å²) in [5, 5.41) is 19.8. The molecule has 167 valence electrons. The number of amides is 2. The first-order chi connectivity index (χ1) is 13.1. The second-order valence-corrected chi connectivity index (χ2v) is 6.71. The molecular weight excluding hydrogens is 426 g/mol. The summed E-state index contributed by atoms with van der Waals surface area (Å²) in [7, 11) is 1.53. The van der Waals surface area contributed by atoms with Gasteiger partial charge in [0, 0.05) is 31.3 Å². The van der Waals surface area contributed by atoms with Crippen molar-refractivity contribution in [1.29, 1.82) is 0 Å². The molecule has 1 saturated heterocycles. The van der Waals surface area contributed by atoms with Gasteiger partial charge in [-0.25, -0.2) is 0 Å². The van der Waals surface area contributed by atoms with Crippen molar-refractivity contribution >= 4 is 12.2 Å². The Bertz CT molecular complexity index is 587. The van der Waals surface area contributed by atoms with E-state index in [0.717, 1.165) is 31.5 Å². The van der Waals surface area contributed by atoms with E-state index >= 15 is 0 Å². The SMILES string of the molecule is COC1CCCC(/C=N\[N-]C(N)=O)C1[O-].O.[Cu+2].c1ccc(C2CCCC[N-]2)nc1. The summed E-state index contributed by atoms with van der Waals surface area (Å²) in [6.45, 7) is 1.02. The zero-order chi connectivity index (χ0) is 19.5. The third-order valence-corrected chi connectivity index (χ3v) is 4.80. The number of pyridine rings is 1. The number of ether oxygens (including phenoxy) is 1. The smallest absolute Gasteiger partial charge is 0.850 e. The topological polar surface area (TPSA) is 160 Å². The molecule has 9 nitrogen and oxygen atoms in total. The number of hydrogen-bond acceptors (Lipinski definition) is 5. The van der Waals surface area contributed by atoms with E-state index in [1.807, 2.05) is 18.3 Å². The molecule has 1 aromatic rings. The van der Waals surface area contributed by atoms with Gasteiger partial charge in [-0.3, -0.25) is 14.9 Å². The molecule has 4 unspecified atom stereocenters. The normalized spacial score (nSPS) is 26.3. The number of methoxy groups -OCH3 is 1. The number of nitrogens with two attached hydrogens (primary N) is 1. The molecule has 29 heavy (non-hydrogen) atoms. The Morgan fingerprint density at radius 1 is 1.34 bits per heavy atom. The Morgan fingerprint density at radius 3 is 2.72 bits per heavy atom. The van der Waals surface area contributed by atoms with E-state index in [0.29, 0.717) is 6.04 Å². The maximum atomic E-state index is 11.7. The van der Waals surface area contributed by atoms with Gasteiger partial charge in [-0.05, 0) is 30.9 Å². The Labute approximate surface area is 182 Å². The van der Waals surface area contributed by atoms with Gasteiger partial charge in [0.2, 0.25) is 0 Å². The molecule has 1 aliphatic carbocycles. The zero-order valence-electron chi connectivity index (χ0n) is 16.5. The average Bonchev–Trinajstić information content (AvgIpc) is 2.71. The number of piperidine rings is 1. The molecule has 2 amide bonds. The van der Waals surface area contributed by atoms with Crippen molar-refractivity contribution in [3.63, 3.8) is 0 Å². The minimum absolute atomic E-state index is 0. The molecule has 0 aromatic carbocycles. The standard InChI is InChI=1S/C10H13N2.C9H16N3O3.Cu.H2O/c1-3-7-11-9(5-1)10-6-2-4-8-12-10;1-15-7-4-2-3-6(8(7)13)5-11-12-9(10)14;;/h1,3,5,7,10H,2,4,6,8H2;5-8H,2-4H2,1H3,(H3,10,12,14);;1H2/q2*-1;+2;/p-1/b;11-5-;;. The summed E-state index contributed by atoms with van der Waals surface area (Å²) in [6, 6.07) is 5.57. The van der Waals surface area contributed by atoms with Gasteiger partial charge in [-0.15, -0.1) is 6.54 Å². The number of hydrogen-bond donors (Lipinski definition) is 1. The van der Waals surface area contributed by atoms with Gasteiger partial charge in [0.15, 0.2) is 6.03 Å². The molecule has 1 radical (unpaired) electrons. The van der Waals surface area contributed by atoms with Gasteiger partial charge in [-0.2, -0.15) is 0 Å². The number of nitrogens with zero attached hydrogens (tertiary/aromatic N) is 4. The van der Waals surface area contributed by atoms with Crippen molar-refractivity contribution < 1.29 is 37.2 Å². The van der Waals surface area contributed by atoms with E-state index in [1.165, 1.54) is 32.6 Å². The molecule has 2 aliphatic rings. The number of primary amides is 1. The fourth-order valence-electron chi connectivity index (χ4n) is 3.35. The van der Waals surface area contributed by atoms with Crippen LogP contribution in [0.25, 0.3) is 10.7 Å². The molecule has 1 aromatic heterocycles. The Balaban J connectivity index is 0.000000514. The maximum Gasteiger partial charge on any atom is 2.00 e.